The number of hydrogen-bond donors (Lipinski definition) is 1. The third-order valence-corrected chi connectivity index (χ3v) is 4.96. The molecule has 0 saturated heterocycles. The van der Waals surface area contributed by atoms with Gasteiger partial charge in [0.15, 0.2) is 12.3 Å². The highest BCUT2D eigenvalue weighted by Gasteiger charge is 2.12. The minimum absolute atomic E-state index is 0.118. The predicted octanol–water partition coefficient (Wildman–Crippen LogP) is 6.16. The van der Waals surface area contributed by atoms with Crippen LogP contribution in [-0.2, 0) is 0 Å². The fraction of sp³-hybridized carbons (Fsp3) is 0.333. The molecule has 0 spiro atoms. The van der Waals surface area contributed by atoms with Crippen LogP contribution in [0.4, 0.5) is 0 Å². The van der Waals surface area contributed by atoms with E-state index < -0.39 is 0 Å². The Morgan fingerprint density at radius 2 is 1.77 bits per heavy atom. The number of nitrogens with zero attached hydrogens (tertiary/aromatic N) is 2. The summed E-state index contributed by atoms with van der Waals surface area (Å²) in [5, 5.41) is 10.4. The fourth-order valence-electron chi connectivity index (χ4n) is 2.43. The minimum atomic E-state index is 0.118. The van der Waals surface area contributed by atoms with Crippen molar-refractivity contribution in [2.75, 3.05) is 26.4 Å². The van der Waals surface area contributed by atoms with E-state index in [1.165, 1.54) is 6.08 Å². The largest absolute Gasteiger partial charge is 0.490 e. The van der Waals surface area contributed by atoms with Crippen LogP contribution in [0.1, 0.15) is 25.8 Å². The van der Waals surface area contributed by atoms with E-state index in [0.717, 1.165) is 16.0 Å². The summed E-state index contributed by atoms with van der Waals surface area (Å²) in [4.78, 5) is 4.25. The molecule has 10 heteroatoms. The second-order valence-corrected chi connectivity index (χ2v) is 8.08. The molecule has 1 heterocycles. The maximum Gasteiger partial charge on any atom is 0.232 e. The lowest BCUT2D eigenvalue weighted by Gasteiger charge is -2.12. The molecule has 1 aromatic heterocycles. The summed E-state index contributed by atoms with van der Waals surface area (Å²) in [6, 6.07) is 6.80. The Morgan fingerprint density at radius 1 is 1.10 bits per heavy atom. The molecule has 2 aromatic rings. The van der Waals surface area contributed by atoms with Crippen molar-refractivity contribution in [1.29, 1.82) is 0 Å². The quantitative estimate of drug-likeness (QED) is 0.129. The van der Waals surface area contributed by atoms with E-state index in [1.54, 1.807) is 24.4 Å². The Kier molecular flexibility index (Phi) is 10.5. The summed E-state index contributed by atoms with van der Waals surface area (Å²) >= 11 is 23.5. The van der Waals surface area contributed by atoms with Crippen molar-refractivity contribution in [3.63, 3.8) is 0 Å². The Hall–Kier alpha value is -1.86. The molecule has 168 valence electrons. The van der Waals surface area contributed by atoms with Crippen molar-refractivity contribution in [2.45, 2.75) is 20.3 Å². The van der Waals surface area contributed by atoms with Gasteiger partial charge in [-0.1, -0.05) is 46.4 Å². The van der Waals surface area contributed by atoms with Crippen LogP contribution in [0.2, 0.25) is 10.0 Å². The zero-order valence-corrected chi connectivity index (χ0v) is 20.1. The molecule has 0 saturated carbocycles. The molecule has 0 atom stereocenters. The standard InChI is InChI=1S/C21H23Cl4N2O4/c1-3-27(28)14(2)15-5-6-20(26-13-15)30-8-4-9-31-21-17(22)11-16(12-18(21)23)29-10-7-19(24)25/h5-7,11-13,28H,3-4,8-10H2,1-2H3/q+1. The summed E-state index contributed by atoms with van der Waals surface area (Å²) in [6.45, 7) is 5.11. The smallest absolute Gasteiger partial charge is 0.232 e. The van der Waals surface area contributed by atoms with Crippen LogP contribution in [0.5, 0.6) is 17.4 Å². The Morgan fingerprint density at radius 3 is 2.35 bits per heavy atom. The van der Waals surface area contributed by atoms with E-state index in [9.17, 15) is 5.21 Å². The van der Waals surface area contributed by atoms with Crippen LogP contribution in [0, 0.1) is 0 Å². The molecule has 1 N–H and O–H groups in total. The molecular formula is C21H23Cl4N2O4+. The number of aromatic nitrogens is 1. The van der Waals surface area contributed by atoms with Crippen molar-refractivity contribution in [3.8, 4) is 17.4 Å². The lowest BCUT2D eigenvalue weighted by Crippen LogP contribution is -2.16. The average molecular weight is 509 g/mol. The van der Waals surface area contributed by atoms with Crippen LogP contribution in [0.3, 0.4) is 0 Å². The first-order valence-electron chi connectivity index (χ1n) is 9.46. The van der Waals surface area contributed by atoms with E-state index in [2.05, 4.69) is 4.98 Å². The summed E-state index contributed by atoms with van der Waals surface area (Å²) in [7, 11) is 0. The summed E-state index contributed by atoms with van der Waals surface area (Å²) in [6.07, 6.45) is 3.75. The number of pyridine rings is 1. The van der Waals surface area contributed by atoms with Crippen LogP contribution in [-0.4, -0.2) is 47.0 Å². The van der Waals surface area contributed by atoms with Crippen LogP contribution >= 0.6 is 46.4 Å². The molecule has 0 radical (unpaired) electrons. The van der Waals surface area contributed by atoms with Crippen molar-refractivity contribution in [3.05, 3.63) is 56.6 Å². The maximum atomic E-state index is 9.74. The van der Waals surface area contributed by atoms with Crippen LogP contribution in [0.25, 0.3) is 0 Å². The van der Waals surface area contributed by atoms with E-state index in [0.29, 0.717) is 53.6 Å². The van der Waals surface area contributed by atoms with Gasteiger partial charge in [0.25, 0.3) is 0 Å². The molecule has 31 heavy (non-hydrogen) atoms. The highest BCUT2D eigenvalue weighted by molar-refractivity contribution is 6.55. The van der Waals surface area contributed by atoms with Crippen molar-refractivity contribution >= 4 is 52.1 Å². The molecule has 0 unspecified atom stereocenters. The number of hydroxylamine groups is 1. The molecule has 0 amide bonds. The molecular weight excluding hydrogens is 486 g/mol. The van der Waals surface area contributed by atoms with Crippen LogP contribution < -0.4 is 14.2 Å². The van der Waals surface area contributed by atoms with E-state index in [-0.39, 0.29) is 11.1 Å². The zero-order chi connectivity index (χ0) is 22.8. The highest BCUT2D eigenvalue weighted by atomic mass is 35.5. The molecule has 0 aliphatic heterocycles. The van der Waals surface area contributed by atoms with E-state index in [1.807, 2.05) is 19.9 Å². The third kappa shape index (κ3) is 8.30. The number of ether oxygens (including phenoxy) is 3. The first kappa shape index (κ1) is 25.4. The van der Waals surface area contributed by atoms with Crippen LogP contribution in [0.15, 0.2) is 41.0 Å². The lowest BCUT2D eigenvalue weighted by molar-refractivity contribution is -0.772. The van der Waals surface area contributed by atoms with Gasteiger partial charge in [0.2, 0.25) is 11.6 Å². The van der Waals surface area contributed by atoms with Gasteiger partial charge in [0.1, 0.15) is 16.8 Å². The van der Waals surface area contributed by atoms with Gasteiger partial charge in [-0.15, -0.1) is 0 Å². The molecule has 2 rings (SSSR count). The molecule has 0 bridgehead atoms. The third-order valence-electron chi connectivity index (χ3n) is 4.09. The molecule has 1 aromatic carbocycles. The van der Waals surface area contributed by atoms with Gasteiger partial charge < -0.3 is 14.2 Å². The van der Waals surface area contributed by atoms with Gasteiger partial charge in [-0.25, -0.2) is 4.98 Å². The van der Waals surface area contributed by atoms with Gasteiger partial charge in [0, 0.05) is 37.7 Å². The topological polar surface area (TPSA) is 63.8 Å². The van der Waals surface area contributed by atoms with Crippen molar-refractivity contribution in [1.82, 2.24) is 4.98 Å². The van der Waals surface area contributed by atoms with Crippen molar-refractivity contribution in [2.24, 2.45) is 0 Å². The van der Waals surface area contributed by atoms with E-state index in [4.69, 9.17) is 60.6 Å². The summed E-state index contributed by atoms with van der Waals surface area (Å²) in [5.74, 6) is 1.34. The average Bonchev–Trinajstić information content (AvgIpc) is 2.74. The first-order chi connectivity index (χ1) is 14.8. The lowest BCUT2D eigenvalue weighted by atomic mass is 10.2. The molecule has 6 nitrogen and oxygen atoms in total. The fourth-order valence-corrected chi connectivity index (χ4v) is 3.14. The first-order valence-corrected chi connectivity index (χ1v) is 11.0. The van der Waals surface area contributed by atoms with Crippen molar-refractivity contribution < 1.29 is 24.2 Å². The van der Waals surface area contributed by atoms with Gasteiger partial charge in [-0.2, -0.15) is 0 Å². The SMILES string of the molecule is CC[N+](O)=C(C)c1ccc(OCCCOc2c(Cl)cc(OCC=C(Cl)Cl)cc2Cl)nc1. The van der Waals surface area contributed by atoms with Gasteiger partial charge in [-0.3, -0.25) is 5.21 Å². The van der Waals surface area contributed by atoms with Gasteiger partial charge in [0.05, 0.1) is 28.8 Å². The predicted molar refractivity (Wildman–Crippen MR) is 124 cm³/mol. The van der Waals surface area contributed by atoms with Gasteiger partial charge >= 0.3 is 0 Å². The number of benzene rings is 1. The highest BCUT2D eigenvalue weighted by Crippen LogP contribution is 2.37. The zero-order valence-electron chi connectivity index (χ0n) is 17.1. The molecule has 0 aliphatic carbocycles. The maximum absolute atomic E-state index is 9.74. The summed E-state index contributed by atoms with van der Waals surface area (Å²) in [5.41, 5.74) is 1.54. The Bertz CT molecular complexity index is 906. The summed E-state index contributed by atoms with van der Waals surface area (Å²) < 4.78 is 18.0. The number of hydrogen-bond acceptors (Lipinski definition) is 5. The minimum Gasteiger partial charge on any atom is -0.490 e. The second kappa shape index (κ2) is 12.9. The Balaban J connectivity index is 1.80. The number of halogens is 4. The monoisotopic (exact) mass is 507 g/mol. The second-order valence-electron chi connectivity index (χ2n) is 6.26. The van der Waals surface area contributed by atoms with Gasteiger partial charge in [-0.05, 0) is 23.8 Å². The normalized spacial score (nSPS) is 11.5. The molecule has 0 aliphatic rings. The van der Waals surface area contributed by atoms with E-state index >= 15 is 0 Å². The Labute approximate surface area is 201 Å². The number of rotatable bonds is 11. The molecule has 0 fully saturated rings.